The molecule has 0 amide bonds. The molecule has 5 heteroatoms. The Morgan fingerprint density at radius 2 is 2.18 bits per heavy atom. The number of thiophene rings is 1. The Morgan fingerprint density at radius 1 is 1.27 bits per heavy atom. The summed E-state index contributed by atoms with van der Waals surface area (Å²) < 4.78 is 0. The molecule has 118 valence electrons. The molecule has 3 nitrogen and oxygen atoms in total. The van der Waals surface area contributed by atoms with Crippen molar-refractivity contribution in [3.63, 3.8) is 0 Å². The van der Waals surface area contributed by atoms with Gasteiger partial charge in [0.15, 0.2) is 0 Å². The van der Waals surface area contributed by atoms with Gasteiger partial charge in [0.25, 0.3) is 0 Å². The molecule has 2 fully saturated rings. The summed E-state index contributed by atoms with van der Waals surface area (Å²) in [6.07, 6.45) is 7.21. The van der Waals surface area contributed by atoms with Gasteiger partial charge in [0.05, 0.1) is 6.54 Å². The van der Waals surface area contributed by atoms with E-state index in [0.29, 0.717) is 5.41 Å². The van der Waals surface area contributed by atoms with Crippen LogP contribution in [0.25, 0.3) is 0 Å². The van der Waals surface area contributed by atoms with Gasteiger partial charge in [-0.25, -0.2) is 4.98 Å². The first-order valence-corrected chi connectivity index (χ1v) is 9.97. The van der Waals surface area contributed by atoms with Crippen LogP contribution in [0.4, 0.5) is 0 Å². The third kappa shape index (κ3) is 3.13. The maximum absolute atomic E-state index is 4.51. The lowest BCUT2D eigenvalue weighted by Gasteiger charge is -2.29. The number of aromatic nitrogens is 1. The van der Waals surface area contributed by atoms with E-state index < -0.39 is 0 Å². The van der Waals surface area contributed by atoms with E-state index in [0.717, 1.165) is 12.6 Å². The Hall–Kier alpha value is -0.750. The first-order chi connectivity index (χ1) is 10.9. The zero-order valence-electron chi connectivity index (χ0n) is 12.8. The summed E-state index contributed by atoms with van der Waals surface area (Å²) in [7, 11) is 0. The summed E-state index contributed by atoms with van der Waals surface area (Å²) in [4.78, 5) is 8.73. The highest BCUT2D eigenvalue weighted by molar-refractivity contribution is 7.10. The van der Waals surface area contributed by atoms with Crippen LogP contribution >= 0.6 is 22.7 Å². The van der Waals surface area contributed by atoms with Gasteiger partial charge in [-0.2, -0.15) is 0 Å². The molecule has 2 aliphatic rings. The van der Waals surface area contributed by atoms with E-state index in [2.05, 4.69) is 38.1 Å². The van der Waals surface area contributed by atoms with E-state index in [1.807, 2.05) is 17.5 Å². The lowest BCUT2D eigenvalue weighted by atomic mass is 9.93. The molecule has 1 spiro atoms. The van der Waals surface area contributed by atoms with Crippen LogP contribution in [0.15, 0.2) is 29.1 Å². The second-order valence-corrected chi connectivity index (χ2v) is 8.57. The molecule has 4 rings (SSSR count). The normalized spacial score (nSPS) is 23.2. The van der Waals surface area contributed by atoms with Crippen LogP contribution in [0.5, 0.6) is 0 Å². The summed E-state index contributed by atoms with van der Waals surface area (Å²) in [6.45, 7) is 4.60. The maximum atomic E-state index is 4.51. The third-order valence-corrected chi connectivity index (χ3v) is 6.93. The van der Waals surface area contributed by atoms with E-state index >= 15 is 0 Å². The summed E-state index contributed by atoms with van der Waals surface area (Å²) in [5.41, 5.74) is 0.609. The van der Waals surface area contributed by atoms with Crippen molar-refractivity contribution in [1.82, 2.24) is 15.2 Å². The zero-order chi connectivity index (χ0) is 14.8. The second kappa shape index (κ2) is 6.40. The average molecular weight is 334 g/mol. The molecule has 1 aliphatic heterocycles. The van der Waals surface area contributed by atoms with Gasteiger partial charge >= 0.3 is 0 Å². The van der Waals surface area contributed by atoms with Crippen LogP contribution in [0.2, 0.25) is 0 Å². The molecule has 1 saturated heterocycles. The second-order valence-electron chi connectivity index (χ2n) is 6.56. The fourth-order valence-electron chi connectivity index (χ4n) is 3.86. The van der Waals surface area contributed by atoms with Crippen LogP contribution in [-0.2, 0) is 13.0 Å². The monoisotopic (exact) mass is 333 g/mol. The number of rotatable bonds is 6. The van der Waals surface area contributed by atoms with E-state index in [1.165, 1.54) is 55.2 Å². The van der Waals surface area contributed by atoms with Gasteiger partial charge in [0.2, 0.25) is 0 Å². The molecule has 2 aromatic rings. The van der Waals surface area contributed by atoms with Crippen molar-refractivity contribution < 1.29 is 0 Å². The van der Waals surface area contributed by atoms with Crippen LogP contribution in [0.3, 0.4) is 0 Å². The van der Waals surface area contributed by atoms with Crippen molar-refractivity contribution in [1.29, 1.82) is 0 Å². The number of nitrogens with one attached hydrogen (secondary N) is 1. The molecule has 0 radical (unpaired) electrons. The summed E-state index contributed by atoms with van der Waals surface area (Å²) in [5.74, 6) is 0. The fourth-order valence-corrected chi connectivity index (χ4v) is 5.20. The predicted molar refractivity (Wildman–Crippen MR) is 93.5 cm³/mol. The maximum Gasteiger partial charge on any atom is 0.107 e. The number of hydrogen-bond acceptors (Lipinski definition) is 5. The molecule has 1 N–H and O–H groups in total. The fraction of sp³-hybridized carbons (Fsp3) is 0.588. The van der Waals surface area contributed by atoms with Crippen LogP contribution in [-0.4, -0.2) is 35.6 Å². The smallest absolute Gasteiger partial charge is 0.107 e. The molecular formula is C17H23N3S2. The highest BCUT2D eigenvalue weighted by Gasteiger charge is 2.56. The number of thiazole rings is 1. The van der Waals surface area contributed by atoms with Gasteiger partial charge in [0.1, 0.15) is 5.01 Å². The van der Waals surface area contributed by atoms with E-state index in [9.17, 15) is 0 Å². The van der Waals surface area contributed by atoms with Crippen LogP contribution in [0.1, 0.15) is 29.1 Å². The topological polar surface area (TPSA) is 28.2 Å². The quantitative estimate of drug-likeness (QED) is 0.878. The van der Waals surface area contributed by atoms with Crippen molar-refractivity contribution in [2.45, 2.75) is 38.3 Å². The Kier molecular flexibility index (Phi) is 4.31. The third-order valence-electron chi connectivity index (χ3n) is 5.23. The molecule has 1 saturated carbocycles. The van der Waals surface area contributed by atoms with Gasteiger partial charge in [-0.05, 0) is 55.6 Å². The highest BCUT2D eigenvalue weighted by atomic mass is 32.1. The van der Waals surface area contributed by atoms with Crippen LogP contribution < -0.4 is 5.32 Å². The van der Waals surface area contributed by atoms with Crippen molar-refractivity contribution >= 4 is 22.7 Å². The minimum Gasteiger partial charge on any atom is -0.317 e. The number of nitrogens with zero attached hydrogens (tertiary/aromatic N) is 2. The molecule has 0 aromatic carbocycles. The lowest BCUT2D eigenvalue weighted by Crippen LogP contribution is -2.36. The molecule has 2 aromatic heterocycles. The van der Waals surface area contributed by atoms with Gasteiger partial charge < -0.3 is 5.32 Å². The first-order valence-electron chi connectivity index (χ1n) is 8.21. The number of hydrogen-bond donors (Lipinski definition) is 1. The predicted octanol–water partition coefficient (Wildman–Crippen LogP) is 3.39. The summed E-state index contributed by atoms with van der Waals surface area (Å²) in [5, 5.41) is 9.06. The van der Waals surface area contributed by atoms with Crippen molar-refractivity contribution in [3.8, 4) is 0 Å². The Labute approximate surface area is 140 Å². The largest absolute Gasteiger partial charge is 0.317 e. The standard InChI is InChI=1S/C17H23N3S2/c1-2-14(21-10-1)3-9-20(13-16-19-8-11-22-16)15-12-17(15)4-6-18-7-5-17/h1-2,8,10-11,15,18H,3-7,9,12-13H2. The van der Waals surface area contributed by atoms with E-state index in [1.54, 1.807) is 11.3 Å². The molecule has 22 heavy (non-hydrogen) atoms. The Morgan fingerprint density at radius 3 is 2.91 bits per heavy atom. The molecular weight excluding hydrogens is 310 g/mol. The molecule has 1 atom stereocenters. The minimum absolute atomic E-state index is 0.609. The Balaban J connectivity index is 1.43. The minimum atomic E-state index is 0.609. The van der Waals surface area contributed by atoms with Crippen molar-refractivity contribution in [2.75, 3.05) is 19.6 Å². The van der Waals surface area contributed by atoms with Gasteiger partial charge in [-0.1, -0.05) is 6.07 Å². The SMILES string of the molecule is c1csc(CCN(Cc2nccs2)C2CC23CCNCC3)c1. The summed E-state index contributed by atoms with van der Waals surface area (Å²) >= 11 is 3.67. The highest BCUT2D eigenvalue weighted by Crippen LogP contribution is 2.56. The van der Waals surface area contributed by atoms with Gasteiger partial charge in [-0.15, -0.1) is 22.7 Å². The molecule has 0 bridgehead atoms. The van der Waals surface area contributed by atoms with Gasteiger partial charge in [-0.3, -0.25) is 4.90 Å². The van der Waals surface area contributed by atoms with Crippen LogP contribution in [0, 0.1) is 5.41 Å². The number of piperidine rings is 1. The summed E-state index contributed by atoms with van der Waals surface area (Å²) in [6, 6.07) is 5.20. The molecule has 1 unspecified atom stereocenters. The van der Waals surface area contributed by atoms with Crippen molar-refractivity contribution in [3.05, 3.63) is 39.0 Å². The van der Waals surface area contributed by atoms with Crippen molar-refractivity contribution in [2.24, 2.45) is 5.41 Å². The Bertz CT molecular complexity index is 573. The lowest BCUT2D eigenvalue weighted by molar-refractivity contribution is 0.197. The molecule has 1 aliphatic carbocycles. The van der Waals surface area contributed by atoms with E-state index in [-0.39, 0.29) is 0 Å². The van der Waals surface area contributed by atoms with Gasteiger partial charge in [0, 0.05) is 29.0 Å². The average Bonchev–Trinajstić information content (AvgIpc) is 2.98. The zero-order valence-corrected chi connectivity index (χ0v) is 14.5. The van der Waals surface area contributed by atoms with E-state index in [4.69, 9.17) is 0 Å². The molecule has 3 heterocycles. The first kappa shape index (κ1) is 14.8.